The molecule has 2 aromatic heterocycles. The topological polar surface area (TPSA) is 65.3 Å². The molecule has 0 fully saturated rings. The van der Waals surface area contributed by atoms with Crippen molar-refractivity contribution in [1.29, 1.82) is 0 Å². The van der Waals surface area contributed by atoms with Gasteiger partial charge in [0.2, 0.25) is 0 Å². The zero-order valence-corrected chi connectivity index (χ0v) is 9.65. The number of fused-ring (bicyclic) bond motifs is 1. The maximum atomic E-state index is 12.1. The maximum absolute atomic E-state index is 12.1. The Bertz CT molecular complexity index is 740. The molecule has 0 amide bonds. The first-order valence-corrected chi connectivity index (χ1v) is 5.61. The molecular weight excluding hydrogens is 228 g/mol. The van der Waals surface area contributed by atoms with Gasteiger partial charge in [-0.25, -0.2) is 4.52 Å². The Kier molecular flexibility index (Phi) is 2.37. The van der Waals surface area contributed by atoms with E-state index in [1.165, 1.54) is 0 Å². The second-order valence-corrected chi connectivity index (χ2v) is 4.13. The number of hydrogen-bond donors (Lipinski definition) is 1. The maximum Gasteiger partial charge on any atom is 0.276 e. The number of nitrogens with zero attached hydrogens (tertiary/aromatic N) is 3. The Hall–Kier alpha value is -2.56. The van der Waals surface area contributed by atoms with Crippen molar-refractivity contribution >= 4 is 11.2 Å². The van der Waals surface area contributed by atoms with Crippen LogP contribution in [0.15, 0.2) is 53.7 Å². The second kappa shape index (κ2) is 4.03. The summed E-state index contributed by atoms with van der Waals surface area (Å²) in [6.45, 7) is 0.529. The third-order valence-corrected chi connectivity index (χ3v) is 2.87. The lowest BCUT2D eigenvalue weighted by Gasteiger charge is -2.06. The van der Waals surface area contributed by atoms with Gasteiger partial charge >= 0.3 is 0 Å². The predicted molar refractivity (Wildman–Crippen MR) is 69.4 cm³/mol. The molecule has 0 aliphatic rings. The van der Waals surface area contributed by atoms with Crippen LogP contribution < -0.4 is 11.3 Å². The van der Waals surface area contributed by atoms with Gasteiger partial charge in [-0.05, 0) is 23.8 Å². The predicted octanol–water partition coefficient (Wildman–Crippen LogP) is 1.13. The third kappa shape index (κ3) is 1.75. The molecule has 0 unspecified atom stereocenters. The highest BCUT2D eigenvalue weighted by atomic mass is 16.1. The molecule has 3 aromatic rings. The summed E-state index contributed by atoms with van der Waals surface area (Å²) < 4.78 is 3.23. The smallest absolute Gasteiger partial charge is 0.276 e. The van der Waals surface area contributed by atoms with Gasteiger partial charge in [0.25, 0.3) is 5.56 Å². The highest BCUT2D eigenvalue weighted by Crippen LogP contribution is 2.06. The lowest BCUT2D eigenvalue weighted by molar-refractivity contribution is 0.743. The number of aromatic nitrogens is 3. The number of rotatable bonds is 2. The van der Waals surface area contributed by atoms with Gasteiger partial charge in [-0.1, -0.05) is 12.1 Å². The Morgan fingerprint density at radius 2 is 1.89 bits per heavy atom. The summed E-state index contributed by atoms with van der Waals surface area (Å²) in [7, 11) is 0. The van der Waals surface area contributed by atoms with Crippen molar-refractivity contribution in [3.8, 4) is 0 Å². The van der Waals surface area contributed by atoms with E-state index >= 15 is 0 Å². The molecule has 0 saturated heterocycles. The first-order chi connectivity index (χ1) is 8.74. The minimum Gasteiger partial charge on any atom is -0.399 e. The minimum atomic E-state index is -0.0492. The molecule has 0 aliphatic heterocycles. The van der Waals surface area contributed by atoms with Crippen molar-refractivity contribution in [3.05, 3.63) is 64.8 Å². The lowest BCUT2D eigenvalue weighted by atomic mass is 10.2. The van der Waals surface area contributed by atoms with Crippen molar-refractivity contribution in [1.82, 2.24) is 14.2 Å². The van der Waals surface area contributed by atoms with Crippen molar-refractivity contribution < 1.29 is 0 Å². The standard InChI is InChI=1S/C13H12N4O/c14-11-3-1-10(2-4-11)9-16-7-8-17-12(13(16)18)5-6-15-17/h1-8H,9,14H2. The van der Waals surface area contributed by atoms with Crippen molar-refractivity contribution in [3.63, 3.8) is 0 Å². The van der Waals surface area contributed by atoms with Crippen LogP contribution in [0.5, 0.6) is 0 Å². The van der Waals surface area contributed by atoms with Gasteiger partial charge in [0.15, 0.2) is 0 Å². The molecule has 0 atom stereocenters. The highest BCUT2D eigenvalue weighted by molar-refractivity contribution is 5.43. The fourth-order valence-corrected chi connectivity index (χ4v) is 1.91. The first-order valence-electron chi connectivity index (χ1n) is 5.61. The molecule has 0 radical (unpaired) electrons. The molecule has 1 aromatic carbocycles. The lowest BCUT2D eigenvalue weighted by Crippen LogP contribution is -2.21. The summed E-state index contributed by atoms with van der Waals surface area (Å²) in [6.07, 6.45) is 5.12. The summed E-state index contributed by atoms with van der Waals surface area (Å²) in [5, 5.41) is 4.03. The Labute approximate surface area is 103 Å². The zero-order valence-electron chi connectivity index (χ0n) is 9.65. The summed E-state index contributed by atoms with van der Waals surface area (Å²) in [6, 6.07) is 9.21. The van der Waals surface area contributed by atoms with Gasteiger partial charge < -0.3 is 10.3 Å². The number of nitrogen functional groups attached to an aromatic ring is 1. The van der Waals surface area contributed by atoms with Crippen molar-refractivity contribution in [2.45, 2.75) is 6.54 Å². The molecule has 2 N–H and O–H groups in total. The van der Waals surface area contributed by atoms with E-state index < -0.39 is 0 Å². The average molecular weight is 240 g/mol. The van der Waals surface area contributed by atoms with Crippen LogP contribution in [-0.4, -0.2) is 14.2 Å². The van der Waals surface area contributed by atoms with Crippen LogP contribution in [-0.2, 0) is 6.54 Å². The zero-order chi connectivity index (χ0) is 12.5. The summed E-state index contributed by atoms with van der Waals surface area (Å²) >= 11 is 0. The van der Waals surface area contributed by atoms with Crippen LogP contribution in [0.2, 0.25) is 0 Å². The number of hydrogen-bond acceptors (Lipinski definition) is 3. The Morgan fingerprint density at radius 1 is 1.11 bits per heavy atom. The van der Waals surface area contributed by atoms with E-state index in [1.54, 1.807) is 33.7 Å². The molecule has 0 saturated carbocycles. The molecule has 0 aliphatic carbocycles. The van der Waals surface area contributed by atoms with Crippen LogP contribution in [0.3, 0.4) is 0 Å². The Balaban J connectivity index is 2.02. The number of anilines is 1. The van der Waals surface area contributed by atoms with Crippen molar-refractivity contribution in [2.24, 2.45) is 0 Å². The molecule has 18 heavy (non-hydrogen) atoms. The van der Waals surface area contributed by atoms with Crippen LogP contribution >= 0.6 is 0 Å². The summed E-state index contributed by atoms with van der Waals surface area (Å²) in [5.74, 6) is 0. The van der Waals surface area contributed by atoms with Crippen LogP contribution in [0.4, 0.5) is 5.69 Å². The average Bonchev–Trinajstić information content (AvgIpc) is 2.84. The Morgan fingerprint density at radius 3 is 2.67 bits per heavy atom. The monoisotopic (exact) mass is 240 g/mol. The van der Waals surface area contributed by atoms with Crippen molar-refractivity contribution in [2.75, 3.05) is 5.73 Å². The van der Waals surface area contributed by atoms with E-state index in [0.717, 1.165) is 11.3 Å². The third-order valence-electron chi connectivity index (χ3n) is 2.87. The molecule has 3 rings (SSSR count). The summed E-state index contributed by atoms with van der Waals surface area (Å²) in [5.41, 5.74) is 7.91. The fourth-order valence-electron chi connectivity index (χ4n) is 1.91. The largest absolute Gasteiger partial charge is 0.399 e. The van der Waals surface area contributed by atoms with Gasteiger partial charge in [-0.15, -0.1) is 0 Å². The van der Waals surface area contributed by atoms with Crippen LogP contribution in [0.25, 0.3) is 5.52 Å². The molecule has 5 nitrogen and oxygen atoms in total. The van der Waals surface area contributed by atoms with E-state index in [0.29, 0.717) is 12.1 Å². The highest BCUT2D eigenvalue weighted by Gasteiger charge is 2.03. The first kappa shape index (κ1) is 10.6. The minimum absolute atomic E-state index is 0.0492. The summed E-state index contributed by atoms with van der Waals surface area (Å²) in [4.78, 5) is 12.1. The van der Waals surface area contributed by atoms with E-state index in [4.69, 9.17) is 5.73 Å². The van der Waals surface area contributed by atoms with E-state index in [-0.39, 0.29) is 5.56 Å². The van der Waals surface area contributed by atoms with E-state index in [2.05, 4.69) is 5.10 Å². The number of nitrogens with two attached hydrogens (primary N) is 1. The fraction of sp³-hybridized carbons (Fsp3) is 0.0769. The van der Waals surface area contributed by atoms with E-state index in [1.807, 2.05) is 24.3 Å². The van der Waals surface area contributed by atoms with Gasteiger partial charge in [0.05, 0.1) is 12.7 Å². The van der Waals surface area contributed by atoms with E-state index in [9.17, 15) is 4.79 Å². The van der Waals surface area contributed by atoms with Gasteiger partial charge in [0.1, 0.15) is 5.52 Å². The molecule has 5 heteroatoms. The molecular formula is C13H12N4O. The van der Waals surface area contributed by atoms with Gasteiger partial charge in [-0.3, -0.25) is 4.79 Å². The van der Waals surface area contributed by atoms with Gasteiger partial charge in [-0.2, -0.15) is 5.10 Å². The number of benzene rings is 1. The second-order valence-electron chi connectivity index (χ2n) is 4.13. The molecule has 90 valence electrons. The van der Waals surface area contributed by atoms with Gasteiger partial charge in [0, 0.05) is 18.1 Å². The van der Waals surface area contributed by atoms with Crippen LogP contribution in [0.1, 0.15) is 5.56 Å². The molecule has 2 heterocycles. The quantitative estimate of drug-likeness (QED) is 0.683. The molecule has 0 bridgehead atoms. The normalized spacial score (nSPS) is 10.9. The van der Waals surface area contributed by atoms with Crippen LogP contribution in [0, 0.1) is 0 Å². The SMILES string of the molecule is Nc1ccc(Cn2ccn3nccc3c2=O)cc1. The molecule has 0 spiro atoms.